The van der Waals surface area contributed by atoms with Crippen molar-refractivity contribution >= 4 is 32.1 Å². The Balaban J connectivity index is 2.87. The van der Waals surface area contributed by atoms with E-state index in [0.29, 0.717) is 0 Å². The van der Waals surface area contributed by atoms with Gasteiger partial charge in [0.2, 0.25) is 0 Å². The molecule has 108 valence electrons. The van der Waals surface area contributed by atoms with Crippen molar-refractivity contribution in [3.8, 4) is 0 Å². The smallest absolute Gasteiger partial charge is 0.360 e. The maximum Gasteiger partial charge on any atom is 0.360 e. The van der Waals surface area contributed by atoms with Crippen LogP contribution in [0, 0.1) is 0 Å². The van der Waals surface area contributed by atoms with E-state index in [1.165, 1.54) is 5.19 Å². The largest absolute Gasteiger partial charge is 0.442 e. The van der Waals surface area contributed by atoms with Crippen molar-refractivity contribution in [2.75, 3.05) is 0 Å². The van der Waals surface area contributed by atoms with Crippen molar-refractivity contribution < 1.29 is 12.7 Å². The van der Waals surface area contributed by atoms with Gasteiger partial charge in [0, 0.05) is 6.10 Å². The van der Waals surface area contributed by atoms with E-state index in [2.05, 4.69) is 52.2 Å². The lowest BCUT2D eigenvalue weighted by atomic mass is 10.4. The molecule has 19 heavy (non-hydrogen) atoms. The van der Waals surface area contributed by atoms with Crippen molar-refractivity contribution in [1.82, 2.24) is 0 Å². The lowest BCUT2D eigenvalue weighted by Gasteiger charge is -2.32. The summed E-state index contributed by atoms with van der Waals surface area (Å²) in [4.78, 5) is 0. The molecule has 6 heteroatoms. The summed E-state index contributed by atoms with van der Waals surface area (Å²) in [7, 11) is -5.02. The average molecular weight is 315 g/mol. The predicted molar refractivity (Wildman–Crippen MR) is 88.0 cm³/mol. The van der Waals surface area contributed by atoms with Crippen LogP contribution in [0.1, 0.15) is 13.8 Å². The van der Waals surface area contributed by atoms with Gasteiger partial charge in [-0.05, 0) is 45.2 Å². The van der Waals surface area contributed by atoms with Gasteiger partial charge >= 0.3 is 8.56 Å². The van der Waals surface area contributed by atoms with E-state index in [-0.39, 0.29) is 6.10 Å². The Labute approximate surface area is 121 Å². The summed E-state index contributed by atoms with van der Waals surface area (Å²) < 4.78 is 18.4. The average Bonchev–Trinajstić information content (AvgIpc) is 2.27. The second-order valence-electron chi connectivity index (χ2n) is 5.35. The molecule has 0 aliphatic rings. The summed E-state index contributed by atoms with van der Waals surface area (Å²) in [5.41, 5.74) is 0. The zero-order valence-corrected chi connectivity index (χ0v) is 16.2. The van der Waals surface area contributed by atoms with Crippen LogP contribution in [0.3, 0.4) is 0 Å². The molecule has 0 aliphatic heterocycles. The summed E-state index contributed by atoms with van der Waals surface area (Å²) in [6.07, 6.45) is 0.161. The van der Waals surface area contributed by atoms with Crippen molar-refractivity contribution in [3.63, 3.8) is 0 Å². The molecule has 0 N–H and O–H groups in total. The first-order valence-corrected chi connectivity index (χ1v) is 14.1. The number of benzene rings is 1. The van der Waals surface area contributed by atoms with E-state index in [4.69, 9.17) is 12.7 Å². The zero-order chi connectivity index (χ0) is 14.5. The van der Waals surface area contributed by atoms with Gasteiger partial charge in [-0.1, -0.05) is 30.3 Å². The van der Waals surface area contributed by atoms with E-state index in [1.807, 2.05) is 18.2 Å². The van der Waals surface area contributed by atoms with Crippen LogP contribution in [0.4, 0.5) is 0 Å². The van der Waals surface area contributed by atoms with Crippen LogP contribution in [-0.4, -0.2) is 33.0 Å². The fourth-order valence-corrected chi connectivity index (χ4v) is 11.0. The first-order valence-electron chi connectivity index (χ1n) is 6.90. The molecule has 1 aromatic carbocycles. The van der Waals surface area contributed by atoms with Crippen LogP contribution in [0.15, 0.2) is 30.3 Å². The third-order valence-corrected chi connectivity index (χ3v) is 11.8. The van der Waals surface area contributed by atoms with E-state index >= 15 is 0 Å². The molecule has 3 nitrogen and oxygen atoms in total. The third-order valence-electron chi connectivity index (χ3n) is 2.61. The highest BCUT2D eigenvalue weighted by molar-refractivity contribution is 6.84. The van der Waals surface area contributed by atoms with Crippen molar-refractivity contribution in [3.05, 3.63) is 30.3 Å². The Bertz CT molecular complexity index is 373. The van der Waals surface area contributed by atoms with E-state index in [1.54, 1.807) is 0 Å². The maximum absolute atomic E-state index is 6.31. The van der Waals surface area contributed by atoms with Gasteiger partial charge in [0.05, 0.1) is 0 Å². The maximum atomic E-state index is 6.31. The first kappa shape index (κ1) is 16.8. The highest BCUT2D eigenvalue weighted by Gasteiger charge is 2.37. The minimum absolute atomic E-state index is 0.161. The molecule has 0 radical (unpaired) electrons. The van der Waals surface area contributed by atoms with E-state index in [9.17, 15) is 0 Å². The molecule has 1 aromatic rings. The minimum atomic E-state index is -2.36. The summed E-state index contributed by atoms with van der Waals surface area (Å²) in [5, 5.41) is 1.18. The SMILES string of the molecule is CC(C)O[Si](C)(O[SiH](C)O[SiH](C)C)c1ccccc1. The molecule has 0 heterocycles. The predicted octanol–water partition coefficient (Wildman–Crippen LogP) is 2.26. The lowest BCUT2D eigenvalue weighted by Crippen LogP contribution is -2.55. The number of hydrogen-bond acceptors (Lipinski definition) is 3. The quantitative estimate of drug-likeness (QED) is 0.723. The van der Waals surface area contributed by atoms with Crippen LogP contribution in [0.5, 0.6) is 0 Å². The number of hydrogen-bond donors (Lipinski definition) is 0. The molecule has 2 atom stereocenters. The summed E-state index contributed by atoms with van der Waals surface area (Å²) in [6.45, 7) is 12.7. The van der Waals surface area contributed by atoms with Crippen LogP contribution in [0.25, 0.3) is 0 Å². The van der Waals surface area contributed by atoms with Crippen LogP contribution >= 0.6 is 0 Å². The van der Waals surface area contributed by atoms with Crippen molar-refractivity contribution in [2.45, 2.75) is 46.1 Å². The highest BCUT2D eigenvalue weighted by atomic mass is 28.4. The molecule has 0 aromatic heterocycles. The van der Waals surface area contributed by atoms with Gasteiger partial charge in [0.15, 0.2) is 9.04 Å². The normalized spacial score (nSPS) is 16.6. The van der Waals surface area contributed by atoms with Gasteiger partial charge in [0.1, 0.15) is 0 Å². The van der Waals surface area contributed by atoms with E-state index in [0.717, 1.165) is 0 Å². The molecular formula is C13H26O3Si3. The van der Waals surface area contributed by atoms with Crippen molar-refractivity contribution in [1.29, 1.82) is 0 Å². The minimum Gasteiger partial charge on any atom is -0.442 e. The molecule has 0 aliphatic carbocycles. The van der Waals surface area contributed by atoms with Gasteiger partial charge in [-0.3, -0.25) is 0 Å². The first-order chi connectivity index (χ1) is 8.83. The van der Waals surface area contributed by atoms with Gasteiger partial charge < -0.3 is 12.7 Å². The van der Waals surface area contributed by atoms with Gasteiger partial charge in [-0.2, -0.15) is 0 Å². The number of rotatable bonds is 7. The molecular weight excluding hydrogens is 288 g/mol. The molecule has 2 unspecified atom stereocenters. The lowest BCUT2D eigenvalue weighted by molar-refractivity contribution is 0.188. The topological polar surface area (TPSA) is 27.7 Å². The Morgan fingerprint density at radius 1 is 1.05 bits per heavy atom. The molecule has 1 rings (SSSR count). The second-order valence-corrected chi connectivity index (χ2v) is 13.3. The fraction of sp³-hybridized carbons (Fsp3) is 0.538. The van der Waals surface area contributed by atoms with Crippen LogP contribution in [0.2, 0.25) is 26.2 Å². The molecule has 0 fully saturated rings. The molecule has 0 spiro atoms. The van der Waals surface area contributed by atoms with Crippen LogP contribution < -0.4 is 5.19 Å². The third kappa shape index (κ3) is 5.72. The van der Waals surface area contributed by atoms with E-state index < -0.39 is 26.9 Å². The Morgan fingerprint density at radius 2 is 1.63 bits per heavy atom. The van der Waals surface area contributed by atoms with Crippen LogP contribution in [-0.2, 0) is 12.7 Å². The summed E-state index contributed by atoms with van der Waals surface area (Å²) >= 11 is 0. The monoisotopic (exact) mass is 314 g/mol. The summed E-state index contributed by atoms with van der Waals surface area (Å²) in [6, 6.07) is 10.3. The molecule has 0 bridgehead atoms. The van der Waals surface area contributed by atoms with Gasteiger partial charge in [-0.25, -0.2) is 0 Å². The fourth-order valence-electron chi connectivity index (χ4n) is 2.08. The summed E-state index contributed by atoms with van der Waals surface area (Å²) in [5.74, 6) is 0. The zero-order valence-electron chi connectivity index (χ0n) is 12.8. The Morgan fingerprint density at radius 3 is 2.11 bits per heavy atom. The molecule has 0 saturated heterocycles. The molecule has 0 saturated carbocycles. The second kappa shape index (κ2) is 7.51. The van der Waals surface area contributed by atoms with Gasteiger partial charge in [0.25, 0.3) is 9.28 Å². The standard InChI is InChI=1S/C13H26O3Si3/c1-12(2)14-19(6,13-10-8-7-9-11-13)16-18(5)15-17(3)4/h7-12,17-18H,1-6H3. The Hall–Kier alpha value is -0.249. The van der Waals surface area contributed by atoms with Gasteiger partial charge in [-0.15, -0.1) is 0 Å². The Kier molecular flexibility index (Phi) is 6.64. The molecule has 0 amide bonds. The van der Waals surface area contributed by atoms with Crippen molar-refractivity contribution in [2.24, 2.45) is 0 Å². The highest BCUT2D eigenvalue weighted by Crippen LogP contribution is 2.13.